The van der Waals surface area contributed by atoms with E-state index >= 15 is 0 Å². The van der Waals surface area contributed by atoms with Gasteiger partial charge in [0.25, 0.3) is 0 Å². The third-order valence-corrected chi connectivity index (χ3v) is 5.89. The first kappa shape index (κ1) is 17.3. The highest BCUT2D eigenvalue weighted by Gasteiger charge is 2.29. The molecule has 1 fully saturated rings. The van der Waals surface area contributed by atoms with E-state index in [1.165, 1.54) is 16.2 Å². The summed E-state index contributed by atoms with van der Waals surface area (Å²) >= 11 is 1.47. The van der Waals surface area contributed by atoms with Gasteiger partial charge in [0.1, 0.15) is 0 Å². The van der Waals surface area contributed by atoms with Crippen molar-refractivity contribution < 1.29 is 9.59 Å². The summed E-state index contributed by atoms with van der Waals surface area (Å²) in [6.07, 6.45) is 2.70. The fourth-order valence-electron chi connectivity index (χ4n) is 3.24. The number of fused-ring (bicyclic) bond motifs is 1. The zero-order chi connectivity index (χ0) is 17.3. The Labute approximate surface area is 146 Å². The minimum atomic E-state index is -0.587. The minimum absolute atomic E-state index is 0.137. The van der Waals surface area contributed by atoms with E-state index in [1.807, 2.05) is 0 Å². The van der Waals surface area contributed by atoms with E-state index in [0.29, 0.717) is 5.13 Å². The molecule has 1 aromatic heterocycles. The molecule has 1 N–H and O–H groups in total. The number of carbonyl (C=O) groups is 2. The van der Waals surface area contributed by atoms with Gasteiger partial charge in [0.2, 0.25) is 0 Å². The molecule has 7 nitrogen and oxygen atoms in total. The molecule has 0 unspecified atom stereocenters. The van der Waals surface area contributed by atoms with Crippen LogP contribution in [-0.4, -0.2) is 78.3 Å². The second kappa shape index (κ2) is 7.16. The highest BCUT2D eigenvalue weighted by atomic mass is 32.1. The normalized spacial score (nSPS) is 19.8. The molecule has 1 aromatic rings. The molecule has 2 amide bonds. The van der Waals surface area contributed by atoms with E-state index < -0.39 is 11.8 Å². The number of hydrogen-bond acceptors (Lipinski definition) is 6. The van der Waals surface area contributed by atoms with Crippen molar-refractivity contribution in [2.24, 2.45) is 0 Å². The van der Waals surface area contributed by atoms with Crippen molar-refractivity contribution in [2.45, 2.75) is 31.8 Å². The Morgan fingerprint density at radius 3 is 2.62 bits per heavy atom. The van der Waals surface area contributed by atoms with Crippen molar-refractivity contribution in [1.29, 1.82) is 0 Å². The van der Waals surface area contributed by atoms with Crippen molar-refractivity contribution in [1.82, 2.24) is 19.7 Å². The van der Waals surface area contributed by atoms with Crippen LogP contribution in [0.5, 0.6) is 0 Å². The second-order valence-corrected chi connectivity index (χ2v) is 7.86. The summed E-state index contributed by atoms with van der Waals surface area (Å²) in [6.45, 7) is 3.74. The highest BCUT2D eigenvalue weighted by molar-refractivity contribution is 7.16. The van der Waals surface area contributed by atoms with Crippen molar-refractivity contribution >= 4 is 28.3 Å². The summed E-state index contributed by atoms with van der Waals surface area (Å²) in [7, 11) is 5.87. The van der Waals surface area contributed by atoms with Gasteiger partial charge in [-0.1, -0.05) is 0 Å². The molecule has 24 heavy (non-hydrogen) atoms. The minimum Gasteiger partial charge on any atom is -0.334 e. The molecule has 0 aliphatic carbocycles. The number of carbonyl (C=O) groups excluding carboxylic acids is 2. The van der Waals surface area contributed by atoms with Crippen LogP contribution >= 0.6 is 11.3 Å². The summed E-state index contributed by atoms with van der Waals surface area (Å²) < 4.78 is 0. The highest BCUT2D eigenvalue weighted by Crippen LogP contribution is 2.27. The molecule has 132 valence electrons. The van der Waals surface area contributed by atoms with Gasteiger partial charge in [-0.05, 0) is 40.0 Å². The summed E-state index contributed by atoms with van der Waals surface area (Å²) in [4.78, 5) is 36.4. The molecule has 3 rings (SSSR count). The maximum Gasteiger partial charge on any atom is 0.315 e. The van der Waals surface area contributed by atoms with Crippen molar-refractivity contribution in [3.8, 4) is 0 Å². The number of aromatic nitrogens is 1. The van der Waals surface area contributed by atoms with Gasteiger partial charge in [-0.25, -0.2) is 4.98 Å². The summed E-state index contributed by atoms with van der Waals surface area (Å²) in [6, 6.07) is 0.137. The molecular weight excluding hydrogens is 326 g/mol. The standard InChI is InChI=1S/C16H25N5O2S/c1-19-7-4-11(5-8-19)21(3)15(23)14(22)18-16-17-12-6-9-20(2)10-13(12)24-16/h11H,4-10H2,1-3H3,(H,17,18,22). The Morgan fingerprint density at radius 1 is 1.21 bits per heavy atom. The lowest BCUT2D eigenvalue weighted by Crippen LogP contribution is -2.47. The van der Waals surface area contributed by atoms with Crippen LogP contribution < -0.4 is 5.32 Å². The third kappa shape index (κ3) is 3.76. The maximum absolute atomic E-state index is 12.4. The molecule has 2 aliphatic rings. The topological polar surface area (TPSA) is 68.8 Å². The van der Waals surface area contributed by atoms with Gasteiger partial charge in [-0.15, -0.1) is 11.3 Å². The van der Waals surface area contributed by atoms with E-state index in [1.54, 1.807) is 11.9 Å². The Bertz CT molecular complexity index is 624. The lowest BCUT2D eigenvalue weighted by atomic mass is 10.0. The molecule has 0 aromatic carbocycles. The molecule has 3 heterocycles. The predicted octanol–water partition coefficient (Wildman–Crippen LogP) is 0.622. The number of piperidine rings is 1. The van der Waals surface area contributed by atoms with E-state index in [0.717, 1.165) is 51.1 Å². The van der Waals surface area contributed by atoms with Crippen LogP contribution in [0.15, 0.2) is 0 Å². The van der Waals surface area contributed by atoms with Crippen LogP contribution in [0.4, 0.5) is 5.13 Å². The van der Waals surface area contributed by atoms with Crippen molar-refractivity contribution in [2.75, 3.05) is 46.1 Å². The molecule has 0 spiro atoms. The van der Waals surface area contributed by atoms with E-state index in [-0.39, 0.29) is 6.04 Å². The van der Waals surface area contributed by atoms with Crippen LogP contribution in [-0.2, 0) is 22.6 Å². The summed E-state index contributed by atoms with van der Waals surface area (Å²) in [5.41, 5.74) is 1.05. The number of nitrogens with one attached hydrogen (secondary N) is 1. The van der Waals surface area contributed by atoms with Crippen molar-refractivity contribution in [3.05, 3.63) is 10.6 Å². The molecule has 0 atom stereocenters. The molecule has 8 heteroatoms. The van der Waals surface area contributed by atoms with E-state index in [2.05, 4.69) is 34.2 Å². The van der Waals surface area contributed by atoms with Crippen LogP contribution in [0.2, 0.25) is 0 Å². The Morgan fingerprint density at radius 2 is 1.92 bits per heavy atom. The smallest absolute Gasteiger partial charge is 0.315 e. The lowest BCUT2D eigenvalue weighted by Gasteiger charge is -2.34. The number of likely N-dealkylation sites (tertiary alicyclic amines) is 1. The Kier molecular flexibility index (Phi) is 5.17. The molecule has 0 radical (unpaired) electrons. The van der Waals surface area contributed by atoms with Gasteiger partial charge in [0.05, 0.1) is 5.69 Å². The molecule has 2 aliphatic heterocycles. The predicted molar refractivity (Wildman–Crippen MR) is 94.1 cm³/mol. The number of thiazole rings is 1. The number of amides is 2. The van der Waals surface area contributed by atoms with E-state index in [9.17, 15) is 9.59 Å². The van der Waals surface area contributed by atoms with Crippen LogP contribution in [0.25, 0.3) is 0 Å². The number of nitrogens with zero attached hydrogens (tertiary/aromatic N) is 4. The number of rotatable bonds is 2. The zero-order valence-electron chi connectivity index (χ0n) is 14.5. The van der Waals surface area contributed by atoms with Gasteiger partial charge in [0, 0.05) is 37.5 Å². The third-order valence-electron chi connectivity index (χ3n) is 4.89. The van der Waals surface area contributed by atoms with Gasteiger partial charge in [-0.2, -0.15) is 0 Å². The Balaban J connectivity index is 1.59. The summed E-state index contributed by atoms with van der Waals surface area (Å²) in [5.74, 6) is -1.06. The van der Waals surface area contributed by atoms with Gasteiger partial charge in [0.15, 0.2) is 5.13 Å². The largest absolute Gasteiger partial charge is 0.334 e. The molecule has 0 bridgehead atoms. The fourth-order valence-corrected chi connectivity index (χ4v) is 4.32. The fraction of sp³-hybridized carbons (Fsp3) is 0.688. The second-order valence-electron chi connectivity index (χ2n) is 6.78. The maximum atomic E-state index is 12.4. The molecule has 0 saturated carbocycles. The average molecular weight is 351 g/mol. The van der Waals surface area contributed by atoms with Gasteiger partial charge < -0.3 is 14.7 Å². The monoisotopic (exact) mass is 351 g/mol. The first-order valence-electron chi connectivity index (χ1n) is 8.38. The number of anilines is 1. The van der Waals surface area contributed by atoms with Gasteiger partial charge >= 0.3 is 11.8 Å². The first-order chi connectivity index (χ1) is 11.4. The summed E-state index contributed by atoms with van der Waals surface area (Å²) in [5, 5.41) is 3.22. The molecule has 1 saturated heterocycles. The SMILES string of the molecule is CN1CCC(N(C)C(=O)C(=O)Nc2nc3c(s2)CN(C)CC3)CC1. The van der Waals surface area contributed by atoms with Gasteiger partial charge in [-0.3, -0.25) is 14.9 Å². The van der Waals surface area contributed by atoms with Crippen LogP contribution in [0.3, 0.4) is 0 Å². The van der Waals surface area contributed by atoms with Crippen molar-refractivity contribution in [3.63, 3.8) is 0 Å². The quantitative estimate of drug-likeness (QED) is 0.791. The van der Waals surface area contributed by atoms with Crippen LogP contribution in [0.1, 0.15) is 23.4 Å². The first-order valence-corrected chi connectivity index (χ1v) is 9.19. The number of hydrogen-bond donors (Lipinski definition) is 1. The van der Waals surface area contributed by atoms with E-state index in [4.69, 9.17) is 0 Å². The average Bonchev–Trinajstić information content (AvgIpc) is 2.95. The molecular formula is C16H25N5O2S. The van der Waals surface area contributed by atoms with Crippen LogP contribution in [0, 0.1) is 0 Å². The Hall–Kier alpha value is -1.51. The lowest BCUT2D eigenvalue weighted by molar-refractivity contribution is -0.144. The zero-order valence-corrected chi connectivity index (χ0v) is 15.4. The number of likely N-dealkylation sites (N-methyl/N-ethyl adjacent to an activating group) is 2.